The van der Waals surface area contributed by atoms with E-state index in [4.69, 9.17) is 9.47 Å². The molecule has 2 heterocycles. The van der Waals surface area contributed by atoms with Crippen LogP contribution in [0.3, 0.4) is 0 Å². The summed E-state index contributed by atoms with van der Waals surface area (Å²) in [5, 5.41) is 0. The zero-order valence-corrected chi connectivity index (χ0v) is 13.7. The van der Waals surface area contributed by atoms with Gasteiger partial charge in [0.1, 0.15) is 11.7 Å². The highest BCUT2D eigenvalue weighted by Crippen LogP contribution is 2.61. The summed E-state index contributed by atoms with van der Waals surface area (Å²) in [6.07, 6.45) is 3.74. The second kappa shape index (κ2) is 4.02. The molecule has 4 aliphatic rings. The topological polar surface area (TPSA) is 52.6 Å². The number of hydrogen-bond donors (Lipinski definition) is 0. The smallest absolute Gasteiger partial charge is 0.312 e. The van der Waals surface area contributed by atoms with Gasteiger partial charge in [-0.25, -0.2) is 0 Å². The van der Waals surface area contributed by atoms with Crippen molar-refractivity contribution < 1.29 is 19.1 Å². The van der Waals surface area contributed by atoms with E-state index in [1.54, 1.807) is 0 Å². The van der Waals surface area contributed by atoms with Gasteiger partial charge in [-0.1, -0.05) is 6.92 Å². The van der Waals surface area contributed by atoms with Crippen LogP contribution < -0.4 is 0 Å². The number of hydrogen-bond acceptors (Lipinski definition) is 4. The van der Waals surface area contributed by atoms with E-state index in [1.165, 1.54) is 0 Å². The van der Waals surface area contributed by atoms with Gasteiger partial charge >= 0.3 is 11.9 Å². The lowest BCUT2D eigenvalue weighted by atomic mass is 9.53. The summed E-state index contributed by atoms with van der Waals surface area (Å²) >= 11 is 0. The van der Waals surface area contributed by atoms with E-state index in [2.05, 4.69) is 6.92 Å². The Morgan fingerprint density at radius 2 is 1.86 bits per heavy atom. The molecule has 0 aromatic carbocycles. The molecule has 21 heavy (non-hydrogen) atoms. The molecular formula is C17H26O4. The van der Waals surface area contributed by atoms with Gasteiger partial charge < -0.3 is 9.47 Å². The average molecular weight is 294 g/mol. The number of esters is 2. The minimum Gasteiger partial charge on any atom is -0.462 e. The summed E-state index contributed by atoms with van der Waals surface area (Å²) in [6, 6.07) is 0. The summed E-state index contributed by atoms with van der Waals surface area (Å²) in [5.74, 6) is -0.284. The van der Waals surface area contributed by atoms with Crippen LogP contribution in [0.1, 0.15) is 66.7 Å². The van der Waals surface area contributed by atoms with Crippen molar-refractivity contribution in [2.75, 3.05) is 0 Å². The Morgan fingerprint density at radius 1 is 1.19 bits per heavy atom. The van der Waals surface area contributed by atoms with E-state index in [9.17, 15) is 9.59 Å². The first-order chi connectivity index (χ1) is 9.46. The summed E-state index contributed by atoms with van der Waals surface area (Å²) in [5.41, 5.74) is -1.54. The molecular weight excluding hydrogens is 268 g/mol. The molecule has 4 fully saturated rings. The normalized spacial score (nSPS) is 45.2. The van der Waals surface area contributed by atoms with Crippen molar-refractivity contribution in [1.29, 1.82) is 0 Å². The summed E-state index contributed by atoms with van der Waals surface area (Å²) in [4.78, 5) is 24.8. The molecule has 4 heteroatoms. The molecule has 2 aliphatic heterocycles. The molecule has 0 radical (unpaired) electrons. The SMILES string of the molecule is CC12CC3CC(OC(=O)C(C)(C)C)(C1)CC(C)(C2)C(=O)O3. The van der Waals surface area contributed by atoms with E-state index < -0.39 is 16.4 Å². The molecule has 4 atom stereocenters. The van der Waals surface area contributed by atoms with E-state index in [0.717, 1.165) is 19.3 Å². The molecule has 2 saturated heterocycles. The quantitative estimate of drug-likeness (QED) is 0.697. The van der Waals surface area contributed by atoms with Crippen LogP contribution in [0.25, 0.3) is 0 Å². The Hall–Kier alpha value is -1.06. The maximum atomic E-state index is 12.4. The van der Waals surface area contributed by atoms with Crippen LogP contribution >= 0.6 is 0 Å². The van der Waals surface area contributed by atoms with Crippen LogP contribution in [0, 0.1) is 16.2 Å². The summed E-state index contributed by atoms with van der Waals surface area (Å²) in [7, 11) is 0. The van der Waals surface area contributed by atoms with Gasteiger partial charge in [0, 0.05) is 12.8 Å². The van der Waals surface area contributed by atoms with E-state index in [-0.39, 0.29) is 23.5 Å². The van der Waals surface area contributed by atoms with Crippen molar-refractivity contribution in [2.45, 2.75) is 78.4 Å². The fourth-order valence-corrected chi connectivity index (χ4v) is 4.93. The molecule has 4 unspecified atom stereocenters. The molecule has 0 aromatic heterocycles. The molecule has 0 aromatic rings. The Morgan fingerprint density at radius 3 is 2.48 bits per heavy atom. The molecule has 0 spiro atoms. The van der Waals surface area contributed by atoms with Crippen molar-refractivity contribution in [1.82, 2.24) is 0 Å². The van der Waals surface area contributed by atoms with Crippen molar-refractivity contribution in [3.63, 3.8) is 0 Å². The van der Waals surface area contributed by atoms with Gasteiger partial charge in [0.15, 0.2) is 0 Å². The van der Waals surface area contributed by atoms with Crippen molar-refractivity contribution >= 4 is 11.9 Å². The van der Waals surface area contributed by atoms with Crippen LogP contribution in [0.2, 0.25) is 0 Å². The lowest BCUT2D eigenvalue weighted by molar-refractivity contribution is -0.193. The Bertz CT molecular complexity index is 505. The maximum absolute atomic E-state index is 12.4. The number of rotatable bonds is 1. The lowest BCUT2D eigenvalue weighted by Crippen LogP contribution is -2.55. The monoisotopic (exact) mass is 294 g/mol. The molecule has 4 rings (SSSR count). The van der Waals surface area contributed by atoms with Gasteiger partial charge in [0.05, 0.1) is 10.8 Å². The maximum Gasteiger partial charge on any atom is 0.312 e. The number of carbonyl (C=O) groups excluding carboxylic acids is 2. The van der Waals surface area contributed by atoms with E-state index in [1.807, 2.05) is 27.7 Å². The Kier molecular flexibility index (Phi) is 2.84. The highest BCUT2D eigenvalue weighted by Gasteiger charge is 2.63. The van der Waals surface area contributed by atoms with Gasteiger partial charge in [0.25, 0.3) is 0 Å². The van der Waals surface area contributed by atoms with Gasteiger partial charge in [-0.15, -0.1) is 0 Å². The van der Waals surface area contributed by atoms with Gasteiger partial charge in [0.2, 0.25) is 0 Å². The van der Waals surface area contributed by atoms with E-state index >= 15 is 0 Å². The Labute approximate surface area is 126 Å². The third kappa shape index (κ3) is 2.36. The van der Waals surface area contributed by atoms with Crippen LogP contribution in [0.5, 0.6) is 0 Å². The van der Waals surface area contributed by atoms with Crippen LogP contribution in [-0.4, -0.2) is 23.6 Å². The van der Waals surface area contributed by atoms with Gasteiger partial charge in [-0.3, -0.25) is 9.59 Å². The highest BCUT2D eigenvalue weighted by molar-refractivity contribution is 5.79. The summed E-state index contributed by atoms with van der Waals surface area (Å²) in [6.45, 7) is 9.79. The largest absolute Gasteiger partial charge is 0.462 e. The van der Waals surface area contributed by atoms with Crippen molar-refractivity contribution in [2.24, 2.45) is 16.2 Å². The number of carbonyl (C=O) groups is 2. The first-order valence-corrected chi connectivity index (χ1v) is 7.90. The lowest BCUT2D eigenvalue weighted by Gasteiger charge is -2.54. The first-order valence-electron chi connectivity index (χ1n) is 7.90. The molecule has 0 amide bonds. The zero-order valence-electron chi connectivity index (χ0n) is 13.7. The third-order valence-corrected chi connectivity index (χ3v) is 5.29. The third-order valence-electron chi connectivity index (χ3n) is 5.29. The molecule has 4 bridgehead atoms. The second-order valence-corrected chi connectivity index (χ2v) is 9.16. The predicted octanol–water partition coefficient (Wildman–Crippen LogP) is 3.23. The molecule has 118 valence electrons. The van der Waals surface area contributed by atoms with Crippen molar-refractivity contribution in [3.05, 3.63) is 0 Å². The molecule has 2 aliphatic carbocycles. The molecule has 0 N–H and O–H groups in total. The minimum absolute atomic E-state index is 0.0280. The highest BCUT2D eigenvalue weighted by atomic mass is 16.6. The van der Waals surface area contributed by atoms with Crippen LogP contribution in [-0.2, 0) is 19.1 Å². The van der Waals surface area contributed by atoms with Crippen molar-refractivity contribution in [3.8, 4) is 0 Å². The minimum atomic E-state index is -0.527. The number of fused-ring (bicyclic) bond motifs is 1. The Balaban J connectivity index is 1.96. The van der Waals surface area contributed by atoms with E-state index in [0.29, 0.717) is 12.8 Å². The zero-order chi connectivity index (χ0) is 15.7. The fraction of sp³-hybridized carbons (Fsp3) is 0.882. The summed E-state index contributed by atoms with van der Waals surface area (Å²) < 4.78 is 11.7. The molecule has 2 saturated carbocycles. The number of ether oxygens (including phenoxy) is 2. The standard InChI is InChI=1S/C17H26O4/c1-14(2,3)12(18)21-17-7-11-6-15(4,9-17)8-16(5,10-17)13(19)20-11/h11H,6-10H2,1-5H3. The van der Waals surface area contributed by atoms with Crippen LogP contribution in [0.4, 0.5) is 0 Å². The van der Waals surface area contributed by atoms with Gasteiger partial charge in [-0.05, 0) is 52.4 Å². The fourth-order valence-electron chi connectivity index (χ4n) is 4.93. The first kappa shape index (κ1) is 14.9. The molecule has 4 nitrogen and oxygen atoms in total. The van der Waals surface area contributed by atoms with Crippen LogP contribution in [0.15, 0.2) is 0 Å². The average Bonchev–Trinajstić information content (AvgIpc) is 2.33. The van der Waals surface area contributed by atoms with Gasteiger partial charge in [-0.2, -0.15) is 0 Å². The predicted molar refractivity (Wildman–Crippen MR) is 77.5 cm³/mol. The second-order valence-electron chi connectivity index (χ2n) is 9.16.